The van der Waals surface area contributed by atoms with Gasteiger partial charge in [-0.3, -0.25) is 9.59 Å². The van der Waals surface area contributed by atoms with E-state index in [-0.39, 0.29) is 37.0 Å². The van der Waals surface area contributed by atoms with Crippen molar-refractivity contribution in [1.82, 2.24) is 9.21 Å². The predicted octanol–water partition coefficient (Wildman–Crippen LogP) is 2.62. The molecule has 1 aliphatic heterocycles. The predicted molar refractivity (Wildman–Crippen MR) is 109 cm³/mol. The van der Waals surface area contributed by atoms with E-state index in [0.29, 0.717) is 17.9 Å². The molecule has 2 aliphatic rings. The van der Waals surface area contributed by atoms with Crippen molar-refractivity contribution in [3.63, 3.8) is 0 Å². The molecular weight excluding hydrogens is 416 g/mol. The van der Waals surface area contributed by atoms with E-state index < -0.39 is 27.8 Å². The number of rotatable bonds is 4. The van der Waals surface area contributed by atoms with Crippen molar-refractivity contribution < 1.29 is 23.1 Å². The highest BCUT2D eigenvalue weighted by atomic mass is 35.5. The summed E-state index contributed by atoms with van der Waals surface area (Å²) in [4.78, 5) is 26.5. The average molecular weight is 441 g/mol. The molecular formula is C20H25ClN2O5S. The van der Waals surface area contributed by atoms with Gasteiger partial charge in [0.2, 0.25) is 15.9 Å². The number of hydrogen-bond acceptors (Lipinski definition) is 4. The summed E-state index contributed by atoms with van der Waals surface area (Å²) >= 11 is 5.83. The van der Waals surface area contributed by atoms with E-state index in [1.54, 1.807) is 4.90 Å². The monoisotopic (exact) mass is 440 g/mol. The number of halogens is 1. The Labute approximate surface area is 176 Å². The van der Waals surface area contributed by atoms with Crippen molar-refractivity contribution >= 4 is 33.5 Å². The van der Waals surface area contributed by atoms with Gasteiger partial charge in [0.1, 0.15) is 0 Å². The van der Waals surface area contributed by atoms with Crippen molar-refractivity contribution in [1.29, 1.82) is 0 Å². The van der Waals surface area contributed by atoms with Crippen LogP contribution < -0.4 is 0 Å². The van der Waals surface area contributed by atoms with Crippen LogP contribution in [0.3, 0.4) is 0 Å². The van der Waals surface area contributed by atoms with Gasteiger partial charge < -0.3 is 10.0 Å². The minimum Gasteiger partial charge on any atom is -0.481 e. The maximum absolute atomic E-state index is 13.0. The lowest BCUT2D eigenvalue weighted by molar-refractivity contribution is -0.151. The van der Waals surface area contributed by atoms with Gasteiger partial charge in [-0.2, -0.15) is 4.31 Å². The Morgan fingerprint density at radius 1 is 0.966 bits per heavy atom. The van der Waals surface area contributed by atoms with Gasteiger partial charge in [0.05, 0.1) is 16.7 Å². The van der Waals surface area contributed by atoms with Crippen LogP contribution in [0.1, 0.15) is 26.7 Å². The smallest absolute Gasteiger partial charge is 0.307 e. The summed E-state index contributed by atoms with van der Waals surface area (Å²) in [5.74, 6) is -2.50. The first-order valence-corrected chi connectivity index (χ1v) is 11.4. The Morgan fingerprint density at radius 3 is 2.00 bits per heavy atom. The summed E-state index contributed by atoms with van der Waals surface area (Å²) in [6.07, 6.45) is 0.813. The van der Waals surface area contributed by atoms with Gasteiger partial charge in [-0.25, -0.2) is 8.42 Å². The first kappa shape index (κ1) is 21.8. The van der Waals surface area contributed by atoms with Gasteiger partial charge in [-0.05, 0) is 51.0 Å². The van der Waals surface area contributed by atoms with Crippen LogP contribution in [0.5, 0.6) is 0 Å². The fourth-order valence-corrected chi connectivity index (χ4v) is 5.50. The molecule has 158 valence electrons. The maximum Gasteiger partial charge on any atom is 0.307 e. The molecule has 1 aliphatic carbocycles. The summed E-state index contributed by atoms with van der Waals surface area (Å²) in [6, 6.07) is 5.99. The van der Waals surface area contributed by atoms with Gasteiger partial charge in [-0.15, -0.1) is 0 Å². The number of sulfonamides is 1. The molecule has 7 nitrogen and oxygen atoms in total. The Morgan fingerprint density at radius 2 is 1.48 bits per heavy atom. The van der Waals surface area contributed by atoms with E-state index in [1.807, 2.05) is 13.8 Å². The number of carboxylic acid groups (broad SMARTS) is 1. The number of hydrogen-bond donors (Lipinski definition) is 1. The molecule has 1 aromatic carbocycles. The molecule has 0 unspecified atom stereocenters. The highest BCUT2D eigenvalue weighted by Crippen LogP contribution is 2.35. The number of benzene rings is 1. The first-order valence-electron chi connectivity index (χ1n) is 9.54. The van der Waals surface area contributed by atoms with Crippen LogP contribution in [0, 0.1) is 11.8 Å². The van der Waals surface area contributed by atoms with Crippen LogP contribution in [-0.2, 0) is 19.6 Å². The number of carbonyl (C=O) groups is 2. The quantitative estimate of drug-likeness (QED) is 0.726. The molecule has 1 amide bonds. The third kappa shape index (κ3) is 4.49. The number of aliphatic carboxylic acids is 1. The molecule has 0 aromatic heterocycles. The lowest BCUT2D eigenvalue weighted by Crippen LogP contribution is -2.53. The van der Waals surface area contributed by atoms with Gasteiger partial charge in [0.25, 0.3) is 0 Å². The number of piperazine rings is 1. The van der Waals surface area contributed by atoms with Crippen molar-refractivity contribution in [3.05, 3.63) is 40.4 Å². The second-order valence-corrected chi connectivity index (χ2v) is 10.1. The molecule has 9 heteroatoms. The largest absolute Gasteiger partial charge is 0.481 e. The highest BCUT2D eigenvalue weighted by molar-refractivity contribution is 7.89. The van der Waals surface area contributed by atoms with Crippen LogP contribution in [-0.4, -0.2) is 60.8 Å². The molecule has 1 N–H and O–H groups in total. The van der Waals surface area contributed by atoms with Crippen LogP contribution >= 0.6 is 11.6 Å². The fraction of sp³-hybridized carbons (Fsp3) is 0.500. The Bertz CT molecular complexity index is 934. The summed E-state index contributed by atoms with van der Waals surface area (Å²) < 4.78 is 26.9. The number of allylic oxidation sites excluding steroid dienone is 2. The second kappa shape index (κ2) is 8.45. The summed E-state index contributed by atoms with van der Waals surface area (Å²) in [5.41, 5.74) is 2.09. The minimum atomic E-state index is -3.66. The SMILES string of the molecule is CC1=C(C)C[C@H](C(=O)N2CCN(S(=O)(=O)c3ccc(Cl)cc3)CC2)[C@@H](C(=O)O)C1. The average Bonchev–Trinajstić information content (AvgIpc) is 2.69. The molecule has 0 bridgehead atoms. The van der Waals surface area contributed by atoms with E-state index in [9.17, 15) is 23.1 Å². The zero-order chi connectivity index (χ0) is 21.3. The van der Waals surface area contributed by atoms with E-state index in [1.165, 1.54) is 28.6 Å². The molecule has 1 aromatic rings. The standard InChI is InChI=1S/C20H25ClN2O5S/c1-13-11-17(18(20(25)26)12-14(13)2)19(24)22-7-9-23(10-8-22)29(27,28)16-5-3-15(21)4-6-16/h3-6,17-18H,7-12H2,1-2H3,(H,25,26)/t17-,18-/m0/s1. The second-order valence-electron chi connectivity index (χ2n) is 7.70. The number of nitrogens with zero attached hydrogens (tertiary/aromatic N) is 2. The molecule has 3 rings (SSSR count). The van der Waals surface area contributed by atoms with Crippen LogP contribution in [0.4, 0.5) is 0 Å². The lowest BCUT2D eigenvalue weighted by Gasteiger charge is -2.38. The van der Waals surface area contributed by atoms with Crippen molar-refractivity contribution in [2.24, 2.45) is 11.8 Å². The van der Waals surface area contributed by atoms with E-state index in [2.05, 4.69) is 0 Å². The molecule has 0 radical (unpaired) electrons. The zero-order valence-corrected chi connectivity index (χ0v) is 18.0. The Kier molecular flexibility index (Phi) is 6.36. The van der Waals surface area contributed by atoms with E-state index in [0.717, 1.165) is 11.1 Å². The summed E-state index contributed by atoms with van der Waals surface area (Å²) in [6.45, 7) is 4.69. The van der Waals surface area contributed by atoms with E-state index >= 15 is 0 Å². The highest BCUT2D eigenvalue weighted by Gasteiger charge is 2.40. The lowest BCUT2D eigenvalue weighted by atomic mass is 9.76. The van der Waals surface area contributed by atoms with Crippen LogP contribution in [0.2, 0.25) is 5.02 Å². The Balaban J connectivity index is 1.69. The van der Waals surface area contributed by atoms with Crippen molar-refractivity contribution in [3.8, 4) is 0 Å². The number of amides is 1. The fourth-order valence-electron chi connectivity index (χ4n) is 3.95. The zero-order valence-electron chi connectivity index (χ0n) is 16.5. The van der Waals surface area contributed by atoms with Gasteiger partial charge in [0.15, 0.2) is 0 Å². The molecule has 1 fully saturated rings. The molecule has 0 saturated carbocycles. The van der Waals surface area contributed by atoms with Crippen molar-refractivity contribution in [2.75, 3.05) is 26.2 Å². The van der Waals surface area contributed by atoms with Gasteiger partial charge in [0, 0.05) is 31.2 Å². The molecule has 2 atom stereocenters. The molecule has 1 heterocycles. The van der Waals surface area contributed by atoms with E-state index in [4.69, 9.17) is 11.6 Å². The maximum atomic E-state index is 13.0. The minimum absolute atomic E-state index is 0.163. The van der Waals surface area contributed by atoms with Gasteiger partial charge >= 0.3 is 5.97 Å². The summed E-state index contributed by atoms with van der Waals surface area (Å²) in [5, 5.41) is 10.0. The summed E-state index contributed by atoms with van der Waals surface area (Å²) in [7, 11) is -3.66. The molecule has 29 heavy (non-hydrogen) atoms. The number of carbonyl (C=O) groups excluding carboxylic acids is 1. The Hall–Kier alpha value is -1.90. The van der Waals surface area contributed by atoms with Crippen LogP contribution in [0.15, 0.2) is 40.3 Å². The number of carboxylic acids is 1. The third-order valence-corrected chi connectivity index (χ3v) is 8.07. The molecule has 0 spiro atoms. The normalized spacial score (nSPS) is 23.9. The topological polar surface area (TPSA) is 95.0 Å². The van der Waals surface area contributed by atoms with Gasteiger partial charge in [-0.1, -0.05) is 22.7 Å². The molecule has 1 saturated heterocycles. The first-order chi connectivity index (χ1) is 13.6. The third-order valence-electron chi connectivity index (χ3n) is 5.90. The van der Waals surface area contributed by atoms with Crippen molar-refractivity contribution in [2.45, 2.75) is 31.6 Å². The van der Waals surface area contributed by atoms with Crippen LogP contribution in [0.25, 0.3) is 0 Å².